The molecular weight excluding hydrogens is 606 g/mol. The molecule has 1 aliphatic rings. The molecule has 1 aliphatic heterocycles. The third-order valence-electron chi connectivity index (χ3n) is 6.10. The topological polar surface area (TPSA) is 222 Å². The number of halogens is 3. The number of aliphatic hydroxyl groups excluding tert-OH is 1. The van der Waals surface area contributed by atoms with Crippen molar-refractivity contribution in [2.24, 2.45) is 0 Å². The van der Waals surface area contributed by atoms with Gasteiger partial charge in [-0.1, -0.05) is 0 Å². The Labute approximate surface area is 243 Å². The van der Waals surface area contributed by atoms with Crippen LogP contribution in [0.5, 0.6) is 0 Å². The number of hydrogen-bond donors (Lipinski definition) is 5. The first kappa shape index (κ1) is 34.4. The van der Waals surface area contributed by atoms with Crippen molar-refractivity contribution in [3.8, 4) is 0 Å². The minimum Gasteiger partial charge on any atom is -0.462 e. The summed E-state index contributed by atoms with van der Waals surface area (Å²) in [7, 11) is -4.70. The molecule has 0 aromatic carbocycles. The van der Waals surface area contributed by atoms with Gasteiger partial charge in [-0.05, 0) is 41.5 Å². The highest BCUT2D eigenvalue weighted by molar-refractivity contribution is 7.54. The Bertz CT molecular complexity index is 1390. The average Bonchev–Trinajstić information content (AvgIpc) is 3.41. The quantitative estimate of drug-likeness (QED) is 0.152. The molecule has 0 saturated carbocycles. The smallest absolute Gasteiger partial charge is 0.342 e. The molecule has 6 N–H and O–H groups in total. The number of alkyl halides is 3. The summed E-state index contributed by atoms with van der Waals surface area (Å²) in [6, 6.07) is -2.74. The lowest BCUT2D eigenvalue weighted by Gasteiger charge is -2.33. The van der Waals surface area contributed by atoms with Gasteiger partial charge in [0.05, 0.1) is 25.1 Å². The Morgan fingerprint density at radius 3 is 2.19 bits per heavy atom. The Morgan fingerprint density at radius 1 is 1.16 bits per heavy atom. The Kier molecular flexibility index (Phi) is 10.6. The number of imidazole rings is 1. The van der Waals surface area contributed by atoms with Gasteiger partial charge in [-0.15, -0.1) is 0 Å². The van der Waals surface area contributed by atoms with E-state index >= 15 is 4.39 Å². The van der Waals surface area contributed by atoms with E-state index in [1.807, 2.05) is 0 Å². The van der Waals surface area contributed by atoms with E-state index in [0.717, 1.165) is 10.9 Å². The molecule has 0 amide bonds. The molecule has 16 nitrogen and oxygen atoms in total. The molecule has 0 bridgehead atoms. The summed E-state index contributed by atoms with van der Waals surface area (Å²) in [6.07, 6.45) is -10.9. The fourth-order valence-electron chi connectivity index (χ4n) is 4.08. The SMILES string of the molecule is CC(C)OC(=O)C(C)NP(=O)(NC(C)C(=O)OC(C)C)OCC1(C(F)F)OC(n2cnc3c(=O)[nH]c(N)nc32)C(O)C1F. The van der Waals surface area contributed by atoms with Crippen LogP contribution < -0.4 is 21.5 Å². The lowest BCUT2D eigenvalue weighted by molar-refractivity contribution is -0.181. The number of anilines is 1. The van der Waals surface area contributed by atoms with Crippen molar-refractivity contribution in [3.63, 3.8) is 0 Å². The molecule has 242 valence electrons. The van der Waals surface area contributed by atoms with Crippen LogP contribution in [0.15, 0.2) is 11.1 Å². The molecule has 3 rings (SSSR count). The molecule has 6 atom stereocenters. The summed E-state index contributed by atoms with van der Waals surface area (Å²) < 4.78 is 80.1. The number of carbonyl (C=O) groups is 2. The van der Waals surface area contributed by atoms with Gasteiger partial charge in [0, 0.05) is 0 Å². The van der Waals surface area contributed by atoms with E-state index in [0.29, 0.717) is 0 Å². The van der Waals surface area contributed by atoms with Gasteiger partial charge in [-0.3, -0.25) is 28.5 Å². The zero-order chi connectivity index (χ0) is 32.4. The van der Waals surface area contributed by atoms with E-state index in [1.54, 1.807) is 27.7 Å². The number of aromatic amines is 1. The van der Waals surface area contributed by atoms with Gasteiger partial charge in [0.15, 0.2) is 29.2 Å². The van der Waals surface area contributed by atoms with Crippen LogP contribution in [0.4, 0.5) is 19.1 Å². The van der Waals surface area contributed by atoms with E-state index in [4.69, 9.17) is 24.5 Å². The first-order chi connectivity index (χ1) is 19.9. The zero-order valence-electron chi connectivity index (χ0n) is 24.1. The Hall–Kier alpha value is -3.09. The summed E-state index contributed by atoms with van der Waals surface area (Å²) in [5.41, 5.74) is 0.923. The third kappa shape index (κ3) is 7.53. The summed E-state index contributed by atoms with van der Waals surface area (Å²) in [5.74, 6) is -2.17. The summed E-state index contributed by atoms with van der Waals surface area (Å²) in [6.45, 7) is 7.22. The number of nitrogen functional groups attached to an aromatic ring is 1. The molecule has 3 heterocycles. The number of ether oxygens (including phenoxy) is 3. The van der Waals surface area contributed by atoms with Crippen LogP contribution in [-0.2, 0) is 32.9 Å². The van der Waals surface area contributed by atoms with Crippen molar-refractivity contribution in [3.05, 3.63) is 16.7 Å². The normalized spacial score (nSPS) is 25.3. The molecule has 0 radical (unpaired) electrons. The zero-order valence-corrected chi connectivity index (χ0v) is 25.0. The Balaban J connectivity index is 1.94. The number of carbonyl (C=O) groups excluding carboxylic acids is 2. The van der Waals surface area contributed by atoms with Crippen molar-refractivity contribution in [1.82, 2.24) is 29.7 Å². The number of rotatable bonds is 13. The van der Waals surface area contributed by atoms with Crippen LogP contribution in [0.1, 0.15) is 47.8 Å². The fourth-order valence-corrected chi connectivity index (χ4v) is 5.92. The molecule has 1 saturated heterocycles. The number of esters is 2. The largest absolute Gasteiger partial charge is 0.462 e. The highest BCUT2D eigenvalue weighted by Crippen LogP contribution is 2.48. The first-order valence-corrected chi connectivity index (χ1v) is 14.7. The maximum atomic E-state index is 15.6. The number of nitrogens with one attached hydrogen (secondary N) is 3. The third-order valence-corrected chi connectivity index (χ3v) is 8.05. The molecule has 20 heteroatoms. The number of nitrogens with two attached hydrogens (primary N) is 1. The number of hydrogen-bond acceptors (Lipinski definition) is 12. The minimum atomic E-state index is -4.70. The first-order valence-electron chi connectivity index (χ1n) is 13.1. The maximum Gasteiger partial charge on any atom is 0.342 e. The van der Waals surface area contributed by atoms with Gasteiger partial charge in [-0.25, -0.2) is 28.3 Å². The van der Waals surface area contributed by atoms with Crippen molar-refractivity contribution in [1.29, 1.82) is 0 Å². The van der Waals surface area contributed by atoms with E-state index in [1.165, 1.54) is 13.8 Å². The van der Waals surface area contributed by atoms with Crippen LogP contribution in [0.25, 0.3) is 11.2 Å². The second-order valence-corrected chi connectivity index (χ2v) is 12.3. The van der Waals surface area contributed by atoms with Crippen LogP contribution in [0.3, 0.4) is 0 Å². The van der Waals surface area contributed by atoms with Crippen molar-refractivity contribution in [2.75, 3.05) is 12.3 Å². The second kappa shape index (κ2) is 13.3. The summed E-state index contributed by atoms with van der Waals surface area (Å²) >= 11 is 0. The lowest BCUT2D eigenvalue weighted by Crippen LogP contribution is -2.52. The van der Waals surface area contributed by atoms with Gasteiger partial charge in [-0.2, -0.15) is 4.98 Å². The van der Waals surface area contributed by atoms with Crippen molar-refractivity contribution < 1.29 is 51.2 Å². The van der Waals surface area contributed by atoms with Crippen LogP contribution in [0.2, 0.25) is 0 Å². The average molecular weight is 642 g/mol. The Morgan fingerprint density at radius 2 is 1.70 bits per heavy atom. The van der Waals surface area contributed by atoms with Gasteiger partial charge in [0.25, 0.3) is 12.0 Å². The van der Waals surface area contributed by atoms with Gasteiger partial charge in [0.2, 0.25) is 5.95 Å². The predicted molar refractivity (Wildman–Crippen MR) is 144 cm³/mol. The van der Waals surface area contributed by atoms with Crippen molar-refractivity contribution >= 4 is 36.7 Å². The van der Waals surface area contributed by atoms with Crippen LogP contribution in [0, 0.1) is 0 Å². The van der Waals surface area contributed by atoms with Crippen LogP contribution >= 0.6 is 7.67 Å². The maximum absolute atomic E-state index is 15.6. The predicted octanol–water partition coefficient (Wildman–Crippen LogP) is 0.918. The minimum absolute atomic E-state index is 0.298. The molecule has 6 unspecified atom stereocenters. The lowest BCUT2D eigenvalue weighted by atomic mass is 9.98. The highest BCUT2D eigenvalue weighted by atomic mass is 31.2. The van der Waals surface area contributed by atoms with E-state index in [2.05, 4.69) is 25.1 Å². The van der Waals surface area contributed by atoms with Gasteiger partial charge < -0.3 is 29.6 Å². The van der Waals surface area contributed by atoms with Crippen LogP contribution in [-0.4, -0.2) is 91.8 Å². The molecule has 43 heavy (non-hydrogen) atoms. The monoisotopic (exact) mass is 641 g/mol. The molecular formula is C23H35F3N7O9P. The van der Waals surface area contributed by atoms with E-state index in [9.17, 15) is 32.8 Å². The molecule has 0 spiro atoms. The number of nitrogens with zero attached hydrogens (tertiary/aromatic N) is 3. The fraction of sp³-hybridized carbons (Fsp3) is 0.696. The number of fused-ring (bicyclic) bond motifs is 1. The van der Waals surface area contributed by atoms with Crippen molar-refractivity contribution in [2.45, 2.75) is 96.4 Å². The number of aliphatic hydroxyl groups is 1. The summed E-state index contributed by atoms with van der Waals surface area (Å²) in [5, 5.41) is 15.2. The molecule has 0 aliphatic carbocycles. The molecule has 1 fully saturated rings. The highest BCUT2D eigenvalue weighted by Gasteiger charge is 2.63. The number of aromatic nitrogens is 4. The van der Waals surface area contributed by atoms with Gasteiger partial charge in [0.1, 0.15) is 18.2 Å². The van der Waals surface area contributed by atoms with E-state index in [-0.39, 0.29) is 17.1 Å². The number of H-pyrrole nitrogens is 1. The van der Waals surface area contributed by atoms with E-state index < -0.39 is 86.6 Å². The second-order valence-electron chi connectivity index (χ2n) is 10.4. The summed E-state index contributed by atoms with van der Waals surface area (Å²) in [4.78, 5) is 46.7. The van der Waals surface area contributed by atoms with Gasteiger partial charge >= 0.3 is 19.6 Å². The molecule has 2 aromatic heterocycles. The standard InChI is InChI=1S/C23H35F3N7O9P/c1-9(2)40-19(36)11(5)31-43(38,32-12(6)20(37)41-10(3)4)39-7-23(21(25)26)15(24)14(34)18(42-23)33-8-28-13-16(33)29-22(27)30-17(13)35/h8-12,14-15,18,21,34H,7H2,1-6H3,(H2,31,32,38)(H3,27,29,30,35). The molecule has 2 aromatic rings.